The number of hydrogen-bond donors (Lipinski definition) is 1. The Balaban J connectivity index is 1.85. The number of carbonyl (C=O) groups excluding carboxylic acids is 2. The number of rotatable bonds is 5. The molecule has 0 spiro atoms. The minimum atomic E-state index is -0.400. The highest BCUT2D eigenvalue weighted by Crippen LogP contribution is 2.40. The summed E-state index contributed by atoms with van der Waals surface area (Å²) in [5.74, 6) is 0.146. The SMILES string of the molecule is CCCOC(=O)c1c(NC(=O)C2CCCO2)sc2c1CCC(C)C2. The summed E-state index contributed by atoms with van der Waals surface area (Å²) in [5, 5.41) is 3.57. The van der Waals surface area contributed by atoms with Gasteiger partial charge in [-0.3, -0.25) is 4.79 Å². The van der Waals surface area contributed by atoms with E-state index in [9.17, 15) is 9.59 Å². The highest BCUT2D eigenvalue weighted by molar-refractivity contribution is 7.17. The van der Waals surface area contributed by atoms with Gasteiger partial charge in [-0.15, -0.1) is 11.3 Å². The first kappa shape index (κ1) is 17.4. The lowest BCUT2D eigenvalue weighted by Gasteiger charge is -2.18. The van der Waals surface area contributed by atoms with E-state index in [1.165, 1.54) is 16.2 Å². The second-order valence-corrected chi connectivity index (χ2v) is 7.79. The highest BCUT2D eigenvalue weighted by atomic mass is 32.1. The molecule has 1 fully saturated rings. The molecule has 132 valence electrons. The molecule has 3 rings (SSSR count). The van der Waals surface area contributed by atoms with E-state index in [0.717, 1.165) is 44.1 Å². The normalized spacial score (nSPS) is 22.9. The fourth-order valence-electron chi connectivity index (χ4n) is 3.30. The standard InChI is InChI=1S/C18H25NO4S/c1-3-8-23-18(21)15-12-7-6-11(2)10-14(12)24-17(15)19-16(20)13-5-4-9-22-13/h11,13H,3-10H2,1-2H3,(H,19,20). The number of hydrogen-bond acceptors (Lipinski definition) is 5. The van der Waals surface area contributed by atoms with Crippen LogP contribution in [-0.2, 0) is 27.1 Å². The van der Waals surface area contributed by atoms with Gasteiger partial charge in [-0.1, -0.05) is 13.8 Å². The fourth-order valence-corrected chi connectivity index (χ4v) is 4.70. The van der Waals surface area contributed by atoms with Gasteiger partial charge in [0, 0.05) is 11.5 Å². The average Bonchev–Trinajstić information content (AvgIpc) is 3.19. The maximum atomic E-state index is 12.5. The third-order valence-electron chi connectivity index (χ3n) is 4.61. The second kappa shape index (κ2) is 7.66. The van der Waals surface area contributed by atoms with Gasteiger partial charge in [-0.05, 0) is 50.0 Å². The first-order valence-electron chi connectivity index (χ1n) is 8.84. The van der Waals surface area contributed by atoms with Gasteiger partial charge in [0.25, 0.3) is 5.91 Å². The van der Waals surface area contributed by atoms with Gasteiger partial charge in [-0.25, -0.2) is 4.79 Å². The molecule has 1 amide bonds. The van der Waals surface area contributed by atoms with Crippen molar-refractivity contribution in [1.29, 1.82) is 0 Å². The van der Waals surface area contributed by atoms with Crippen LogP contribution in [0.4, 0.5) is 5.00 Å². The molecule has 1 aromatic heterocycles. The van der Waals surface area contributed by atoms with Gasteiger partial charge in [-0.2, -0.15) is 0 Å². The van der Waals surface area contributed by atoms with Crippen molar-refractivity contribution in [3.63, 3.8) is 0 Å². The van der Waals surface area contributed by atoms with E-state index in [4.69, 9.17) is 9.47 Å². The molecule has 24 heavy (non-hydrogen) atoms. The topological polar surface area (TPSA) is 64.6 Å². The maximum absolute atomic E-state index is 12.5. The van der Waals surface area contributed by atoms with Crippen molar-refractivity contribution in [2.24, 2.45) is 5.92 Å². The van der Waals surface area contributed by atoms with Crippen LogP contribution in [0.1, 0.15) is 60.3 Å². The van der Waals surface area contributed by atoms with Crippen LogP contribution in [0.5, 0.6) is 0 Å². The van der Waals surface area contributed by atoms with E-state index < -0.39 is 6.10 Å². The van der Waals surface area contributed by atoms with Gasteiger partial charge in [0.1, 0.15) is 11.1 Å². The zero-order valence-corrected chi connectivity index (χ0v) is 15.2. The van der Waals surface area contributed by atoms with Gasteiger partial charge in [0.2, 0.25) is 0 Å². The maximum Gasteiger partial charge on any atom is 0.341 e. The molecule has 0 aromatic carbocycles. The Morgan fingerprint density at radius 1 is 1.38 bits per heavy atom. The summed E-state index contributed by atoms with van der Waals surface area (Å²) in [6.07, 6.45) is 4.93. The van der Waals surface area contributed by atoms with E-state index in [1.54, 1.807) is 0 Å². The summed E-state index contributed by atoms with van der Waals surface area (Å²) in [7, 11) is 0. The van der Waals surface area contributed by atoms with Gasteiger partial charge < -0.3 is 14.8 Å². The Bertz CT molecular complexity index is 619. The van der Waals surface area contributed by atoms with Gasteiger partial charge in [0.05, 0.1) is 12.2 Å². The first-order chi connectivity index (χ1) is 11.6. The molecule has 5 nitrogen and oxygen atoms in total. The third kappa shape index (κ3) is 3.64. The van der Waals surface area contributed by atoms with Crippen LogP contribution in [0, 0.1) is 5.92 Å². The first-order valence-corrected chi connectivity index (χ1v) is 9.66. The summed E-state index contributed by atoms with van der Waals surface area (Å²) in [5.41, 5.74) is 1.64. The quantitative estimate of drug-likeness (QED) is 0.824. The highest BCUT2D eigenvalue weighted by Gasteiger charge is 2.31. The molecule has 1 saturated heterocycles. The molecule has 1 N–H and O–H groups in total. The number of anilines is 1. The predicted octanol–water partition coefficient (Wildman–Crippen LogP) is 3.56. The van der Waals surface area contributed by atoms with Crippen molar-refractivity contribution >= 4 is 28.2 Å². The van der Waals surface area contributed by atoms with Crippen molar-refractivity contribution < 1.29 is 19.1 Å². The Morgan fingerprint density at radius 2 is 2.21 bits per heavy atom. The van der Waals surface area contributed by atoms with Crippen molar-refractivity contribution in [2.75, 3.05) is 18.5 Å². The van der Waals surface area contributed by atoms with Crippen LogP contribution < -0.4 is 5.32 Å². The van der Waals surface area contributed by atoms with Gasteiger partial charge >= 0.3 is 5.97 Å². The fraction of sp³-hybridized carbons (Fsp3) is 0.667. The largest absolute Gasteiger partial charge is 0.462 e. The zero-order valence-electron chi connectivity index (χ0n) is 14.4. The number of ether oxygens (including phenoxy) is 2. The summed E-state index contributed by atoms with van der Waals surface area (Å²) >= 11 is 1.53. The zero-order chi connectivity index (χ0) is 17.1. The van der Waals surface area contributed by atoms with Crippen molar-refractivity contribution in [2.45, 2.75) is 58.5 Å². The second-order valence-electron chi connectivity index (χ2n) is 6.68. The molecule has 2 atom stereocenters. The molecule has 1 aliphatic carbocycles. The molecule has 0 saturated carbocycles. The lowest BCUT2D eigenvalue weighted by Crippen LogP contribution is -2.27. The van der Waals surface area contributed by atoms with Crippen molar-refractivity contribution in [1.82, 2.24) is 0 Å². The number of nitrogens with one attached hydrogen (secondary N) is 1. The Hall–Kier alpha value is -1.40. The smallest absolute Gasteiger partial charge is 0.341 e. The van der Waals surface area contributed by atoms with Crippen LogP contribution in [-0.4, -0.2) is 31.2 Å². The van der Waals surface area contributed by atoms with Crippen LogP contribution in [0.25, 0.3) is 0 Å². The molecule has 6 heteroatoms. The van der Waals surface area contributed by atoms with E-state index in [-0.39, 0.29) is 11.9 Å². The number of fused-ring (bicyclic) bond motifs is 1. The molecule has 1 aliphatic heterocycles. The lowest BCUT2D eigenvalue weighted by atomic mass is 9.88. The molecular weight excluding hydrogens is 326 g/mol. The number of carbonyl (C=O) groups is 2. The number of esters is 1. The predicted molar refractivity (Wildman–Crippen MR) is 93.7 cm³/mol. The summed E-state index contributed by atoms with van der Waals surface area (Å²) in [6.45, 7) is 5.22. The van der Waals surface area contributed by atoms with Crippen LogP contribution in [0.2, 0.25) is 0 Å². The molecule has 0 radical (unpaired) electrons. The van der Waals surface area contributed by atoms with Crippen LogP contribution in [0.3, 0.4) is 0 Å². The Kier molecular flexibility index (Phi) is 5.56. The van der Waals surface area contributed by atoms with Crippen LogP contribution >= 0.6 is 11.3 Å². The van der Waals surface area contributed by atoms with Crippen LogP contribution in [0.15, 0.2) is 0 Å². The van der Waals surface area contributed by atoms with E-state index in [2.05, 4.69) is 12.2 Å². The van der Waals surface area contributed by atoms with E-state index >= 15 is 0 Å². The lowest BCUT2D eigenvalue weighted by molar-refractivity contribution is -0.124. The molecule has 2 unspecified atom stereocenters. The molecule has 2 heterocycles. The minimum absolute atomic E-state index is 0.149. The van der Waals surface area contributed by atoms with E-state index in [1.807, 2.05) is 6.92 Å². The minimum Gasteiger partial charge on any atom is -0.462 e. The average molecular weight is 351 g/mol. The summed E-state index contributed by atoms with van der Waals surface area (Å²) < 4.78 is 10.8. The summed E-state index contributed by atoms with van der Waals surface area (Å²) in [6, 6.07) is 0. The van der Waals surface area contributed by atoms with Crippen molar-refractivity contribution in [3.05, 3.63) is 16.0 Å². The third-order valence-corrected chi connectivity index (χ3v) is 5.78. The van der Waals surface area contributed by atoms with E-state index in [0.29, 0.717) is 29.7 Å². The Labute approximate surface area is 146 Å². The van der Waals surface area contributed by atoms with Gasteiger partial charge in [0.15, 0.2) is 0 Å². The number of amides is 1. The molecular formula is C18H25NO4S. The van der Waals surface area contributed by atoms with Crippen molar-refractivity contribution in [3.8, 4) is 0 Å². The monoisotopic (exact) mass is 351 g/mol. The molecule has 2 aliphatic rings. The number of thiophene rings is 1. The molecule has 1 aromatic rings. The Morgan fingerprint density at radius 3 is 2.92 bits per heavy atom. The molecule has 0 bridgehead atoms. The summed E-state index contributed by atoms with van der Waals surface area (Å²) in [4.78, 5) is 26.2.